The van der Waals surface area contributed by atoms with Crippen LogP contribution in [-0.2, 0) is 4.79 Å². The first-order valence-electron chi connectivity index (χ1n) is 5.34. The SMILES string of the molecule is CC(C)CC(=O)Nc1cc(C(C)C)[nH]n1. The Bertz CT molecular complexity index is 328. The van der Waals surface area contributed by atoms with E-state index in [1.54, 1.807) is 0 Å². The van der Waals surface area contributed by atoms with E-state index in [-0.39, 0.29) is 5.91 Å². The fourth-order valence-electron chi connectivity index (χ4n) is 1.26. The maximum Gasteiger partial charge on any atom is 0.225 e. The minimum Gasteiger partial charge on any atom is -0.309 e. The third kappa shape index (κ3) is 3.73. The predicted molar refractivity (Wildman–Crippen MR) is 60.8 cm³/mol. The minimum atomic E-state index is 0.0202. The van der Waals surface area contributed by atoms with Crippen LogP contribution in [0.3, 0.4) is 0 Å². The molecule has 1 amide bonds. The molecule has 0 atom stereocenters. The Balaban J connectivity index is 2.53. The van der Waals surface area contributed by atoms with Gasteiger partial charge in [-0.05, 0) is 11.8 Å². The van der Waals surface area contributed by atoms with Crippen LogP contribution in [0.4, 0.5) is 5.82 Å². The lowest BCUT2D eigenvalue weighted by Gasteiger charge is -2.03. The number of H-pyrrole nitrogens is 1. The summed E-state index contributed by atoms with van der Waals surface area (Å²) in [7, 11) is 0. The molecular weight excluding hydrogens is 190 g/mol. The molecule has 0 fully saturated rings. The summed E-state index contributed by atoms with van der Waals surface area (Å²) in [6.07, 6.45) is 0.532. The van der Waals surface area contributed by atoms with Gasteiger partial charge in [0.15, 0.2) is 5.82 Å². The summed E-state index contributed by atoms with van der Waals surface area (Å²) in [4.78, 5) is 11.4. The van der Waals surface area contributed by atoms with Crippen LogP contribution >= 0.6 is 0 Å². The molecule has 1 aromatic rings. The number of carbonyl (C=O) groups excluding carboxylic acids is 1. The van der Waals surface area contributed by atoms with Crippen molar-refractivity contribution in [1.82, 2.24) is 10.2 Å². The molecule has 0 aliphatic rings. The van der Waals surface area contributed by atoms with Gasteiger partial charge in [0.2, 0.25) is 5.91 Å². The van der Waals surface area contributed by atoms with Gasteiger partial charge in [-0.3, -0.25) is 9.89 Å². The first-order valence-corrected chi connectivity index (χ1v) is 5.34. The Morgan fingerprint density at radius 3 is 2.60 bits per heavy atom. The number of nitrogens with one attached hydrogen (secondary N) is 2. The van der Waals surface area contributed by atoms with E-state index in [1.807, 2.05) is 19.9 Å². The van der Waals surface area contributed by atoms with Crippen LogP contribution in [-0.4, -0.2) is 16.1 Å². The van der Waals surface area contributed by atoms with Crippen LogP contribution in [0, 0.1) is 5.92 Å². The summed E-state index contributed by atoms with van der Waals surface area (Å²) >= 11 is 0. The van der Waals surface area contributed by atoms with Crippen molar-refractivity contribution in [1.29, 1.82) is 0 Å². The molecular formula is C11H19N3O. The Hall–Kier alpha value is -1.32. The monoisotopic (exact) mass is 209 g/mol. The second-order valence-corrected chi connectivity index (χ2v) is 4.51. The maximum absolute atomic E-state index is 11.4. The van der Waals surface area contributed by atoms with Crippen molar-refractivity contribution < 1.29 is 4.79 Å². The number of hydrogen-bond donors (Lipinski definition) is 2. The van der Waals surface area contributed by atoms with Gasteiger partial charge < -0.3 is 5.32 Å². The Morgan fingerprint density at radius 1 is 1.47 bits per heavy atom. The first kappa shape index (κ1) is 11.8. The zero-order valence-electron chi connectivity index (χ0n) is 9.79. The number of hydrogen-bond acceptors (Lipinski definition) is 2. The van der Waals surface area contributed by atoms with Crippen molar-refractivity contribution in [3.8, 4) is 0 Å². The van der Waals surface area contributed by atoms with Gasteiger partial charge in [-0.25, -0.2) is 0 Å². The zero-order valence-corrected chi connectivity index (χ0v) is 9.79. The average molecular weight is 209 g/mol. The van der Waals surface area contributed by atoms with Gasteiger partial charge in [-0.1, -0.05) is 27.7 Å². The van der Waals surface area contributed by atoms with E-state index in [0.29, 0.717) is 24.1 Å². The number of anilines is 1. The van der Waals surface area contributed by atoms with E-state index in [0.717, 1.165) is 5.69 Å². The smallest absolute Gasteiger partial charge is 0.225 e. The molecule has 0 unspecified atom stereocenters. The van der Waals surface area contributed by atoms with Crippen molar-refractivity contribution in [3.63, 3.8) is 0 Å². The summed E-state index contributed by atoms with van der Waals surface area (Å²) in [6.45, 7) is 8.19. The summed E-state index contributed by atoms with van der Waals surface area (Å²) in [6, 6.07) is 1.88. The number of nitrogens with zero attached hydrogens (tertiary/aromatic N) is 1. The fourth-order valence-corrected chi connectivity index (χ4v) is 1.26. The number of aromatic amines is 1. The fraction of sp³-hybridized carbons (Fsp3) is 0.636. The van der Waals surface area contributed by atoms with E-state index in [2.05, 4.69) is 29.4 Å². The lowest BCUT2D eigenvalue weighted by Crippen LogP contribution is -2.13. The third-order valence-corrected chi connectivity index (χ3v) is 2.08. The molecule has 0 aromatic carbocycles. The maximum atomic E-state index is 11.4. The molecule has 1 aromatic heterocycles. The van der Waals surface area contributed by atoms with E-state index >= 15 is 0 Å². The van der Waals surface area contributed by atoms with E-state index in [9.17, 15) is 4.79 Å². The predicted octanol–water partition coefficient (Wildman–Crippen LogP) is 2.52. The first-order chi connectivity index (χ1) is 6.99. The number of aromatic nitrogens is 2. The molecule has 84 valence electrons. The highest BCUT2D eigenvalue weighted by molar-refractivity contribution is 5.89. The van der Waals surface area contributed by atoms with Crippen molar-refractivity contribution in [3.05, 3.63) is 11.8 Å². The van der Waals surface area contributed by atoms with Gasteiger partial charge in [-0.2, -0.15) is 5.10 Å². The second kappa shape index (κ2) is 4.96. The molecule has 1 rings (SSSR count). The Morgan fingerprint density at radius 2 is 2.13 bits per heavy atom. The van der Waals surface area contributed by atoms with Crippen LogP contribution in [0.15, 0.2) is 6.07 Å². The number of carbonyl (C=O) groups is 1. The zero-order chi connectivity index (χ0) is 11.4. The normalized spacial score (nSPS) is 11.1. The van der Waals surface area contributed by atoms with E-state index < -0.39 is 0 Å². The highest BCUT2D eigenvalue weighted by Gasteiger charge is 2.08. The molecule has 0 radical (unpaired) electrons. The summed E-state index contributed by atoms with van der Waals surface area (Å²) in [5.41, 5.74) is 1.04. The average Bonchev–Trinajstić information content (AvgIpc) is 2.50. The minimum absolute atomic E-state index is 0.0202. The molecule has 4 heteroatoms. The highest BCUT2D eigenvalue weighted by Crippen LogP contribution is 2.15. The second-order valence-electron chi connectivity index (χ2n) is 4.51. The standard InChI is InChI=1S/C11H19N3O/c1-7(2)5-11(15)12-10-6-9(8(3)4)13-14-10/h6-8H,5H2,1-4H3,(H2,12,13,14,15). The Kier molecular flexibility index (Phi) is 3.88. The van der Waals surface area contributed by atoms with Gasteiger partial charge in [0, 0.05) is 18.2 Å². The van der Waals surface area contributed by atoms with Gasteiger partial charge in [0.25, 0.3) is 0 Å². The largest absolute Gasteiger partial charge is 0.309 e. The topological polar surface area (TPSA) is 57.8 Å². The Labute approximate surface area is 90.5 Å². The molecule has 0 aliphatic heterocycles. The van der Waals surface area contributed by atoms with Crippen molar-refractivity contribution >= 4 is 11.7 Å². The molecule has 0 saturated heterocycles. The number of rotatable bonds is 4. The van der Waals surface area contributed by atoms with Crippen LogP contribution < -0.4 is 5.32 Å². The summed E-state index contributed by atoms with van der Waals surface area (Å²) < 4.78 is 0. The van der Waals surface area contributed by atoms with Crippen LogP contribution in [0.2, 0.25) is 0 Å². The third-order valence-electron chi connectivity index (χ3n) is 2.08. The summed E-state index contributed by atoms with van der Waals surface area (Å²) in [5, 5.41) is 9.69. The molecule has 4 nitrogen and oxygen atoms in total. The lowest BCUT2D eigenvalue weighted by molar-refractivity contribution is -0.116. The van der Waals surface area contributed by atoms with E-state index in [1.165, 1.54) is 0 Å². The molecule has 0 saturated carbocycles. The molecule has 0 aliphatic carbocycles. The van der Waals surface area contributed by atoms with Gasteiger partial charge in [0.1, 0.15) is 0 Å². The van der Waals surface area contributed by atoms with Crippen molar-refractivity contribution in [2.24, 2.45) is 5.92 Å². The van der Waals surface area contributed by atoms with Crippen LogP contribution in [0.5, 0.6) is 0 Å². The van der Waals surface area contributed by atoms with Gasteiger partial charge in [0.05, 0.1) is 0 Å². The van der Waals surface area contributed by atoms with E-state index in [4.69, 9.17) is 0 Å². The molecule has 1 heterocycles. The quantitative estimate of drug-likeness (QED) is 0.800. The van der Waals surface area contributed by atoms with Gasteiger partial charge in [-0.15, -0.1) is 0 Å². The van der Waals surface area contributed by atoms with Gasteiger partial charge >= 0.3 is 0 Å². The van der Waals surface area contributed by atoms with Crippen LogP contribution in [0.1, 0.15) is 45.7 Å². The molecule has 0 bridgehead atoms. The molecule has 15 heavy (non-hydrogen) atoms. The lowest BCUT2D eigenvalue weighted by atomic mass is 10.1. The summed E-state index contributed by atoms with van der Waals surface area (Å²) in [5.74, 6) is 1.40. The van der Waals surface area contributed by atoms with Crippen molar-refractivity contribution in [2.45, 2.75) is 40.0 Å². The highest BCUT2D eigenvalue weighted by atomic mass is 16.1. The van der Waals surface area contributed by atoms with Crippen LogP contribution in [0.25, 0.3) is 0 Å². The molecule has 0 spiro atoms. The number of amides is 1. The molecule has 2 N–H and O–H groups in total. The van der Waals surface area contributed by atoms with Crippen molar-refractivity contribution in [2.75, 3.05) is 5.32 Å².